The van der Waals surface area contributed by atoms with Crippen molar-refractivity contribution in [1.29, 1.82) is 0 Å². The van der Waals surface area contributed by atoms with Crippen LogP contribution in [0.2, 0.25) is 0 Å². The van der Waals surface area contributed by atoms with Gasteiger partial charge < -0.3 is 9.88 Å². The van der Waals surface area contributed by atoms with Gasteiger partial charge in [-0.3, -0.25) is 0 Å². The van der Waals surface area contributed by atoms with Gasteiger partial charge in [-0.1, -0.05) is 74.7 Å². The molecule has 0 saturated heterocycles. The lowest BCUT2D eigenvalue weighted by molar-refractivity contribution is 1.18. The molecule has 0 atom stereocenters. The van der Waals surface area contributed by atoms with Gasteiger partial charge in [0.05, 0.1) is 11.0 Å². The molecule has 6 rings (SSSR count). The zero-order valence-corrected chi connectivity index (χ0v) is 17.6. The second kappa shape index (κ2) is 8.33. The van der Waals surface area contributed by atoms with Crippen molar-refractivity contribution in [2.24, 2.45) is 0 Å². The third kappa shape index (κ3) is 3.46. The summed E-state index contributed by atoms with van der Waals surface area (Å²) in [6.07, 6.45) is 6.31. The van der Waals surface area contributed by atoms with Crippen LogP contribution in [0.1, 0.15) is 18.6 Å². The molecular formula is C31H26N2. The average molecular weight is 427 g/mol. The SMILES string of the molecule is C.C=C1/C=C(c2ccc3c(c2)c2ccccc2n3-c2ccccc2)\C=C/Nc2ccccc21. The van der Waals surface area contributed by atoms with E-state index >= 15 is 0 Å². The Morgan fingerprint density at radius 1 is 0.697 bits per heavy atom. The van der Waals surface area contributed by atoms with E-state index in [0.717, 1.165) is 22.4 Å². The lowest BCUT2D eigenvalue weighted by Crippen LogP contribution is -1.97. The van der Waals surface area contributed by atoms with Crippen molar-refractivity contribution in [1.82, 2.24) is 4.57 Å². The highest BCUT2D eigenvalue weighted by atomic mass is 15.0. The first kappa shape index (κ1) is 20.6. The number of nitrogens with zero attached hydrogens (tertiary/aromatic N) is 1. The molecule has 5 aromatic rings. The predicted octanol–water partition coefficient (Wildman–Crippen LogP) is 8.46. The summed E-state index contributed by atoms with van der Waals surface area (Å²) in [6, 6.07) is 34.2. The van der Waals surface area contributed by atoms with Crippen LogP contribution in [-0.4, -0.2) is 4.57 Å². The molecule has 4 aromatic carbocycles. The smallest absolute Gasteiger partial charge is 0.0541 e. The highest BCUT2D eigenvalue weighted by Crippen LogP contribution is 2.35. The first-order valence-electron chi connectivity index (χ1n) is 10.8. The molecule has 2 nitrogen and oxygen atoms in total. The number of allylic oxidation sites excluding steroid dienone is 4. The molecule has 33 heavy (non-hydrogen) atoms. The van der Waals surface area contributed by atoms with E-state index < -0.39 is 0 Å². The van der Waals surface area contributed by atoms with Crippen molar-refractivity contribution in [3.63, 3.8) is 0 Å². The van der Waals surface area contributed by atoms with Gasteiger partial charge in [0.2, 0.25) is 0 Å². The summed E-state index contributed by atoms with van der Waals surface area (Å²) in [5, 5.41) is 5.90. The molecule has 1 aliphatic heterocycles. The predicted molar refractivity (Wildman–Crippen MR) is 144 cm³/mol. The Morgan fingerprint density at radius 2 is 1.42 bits per heavy atom. The number of hydrogen-bond acceptors (Lipinski definition) is 1. The number of para-hydroxylation sites is 3. The number of aromatic nitrogens is 1. The number of rotatable bonds is 2. The number of fused-ring (bicyclic) bond motifs is 4. The molecule has 0 unspecified atom stereocenters. The van der Waals surface area contributed by atoms with Crippen molar-refractivity contribution in [3.05, 3.63) is 133 Å². The molecule has 1 N–H and O–H groups in total. The highest BCUT2D eigenvalue weighted by molar-refractivity contribution is 6.10. The van der Waals surface area contributed by atoms with Crippen LogP contribution < -0.4 is 5.32 Å². The molecule has 0 saturated carbocycles. The van der Waals surface area contributed by atoms with E-state index in [9.17, 15) is 0 Å². The van der Waals surface area contributed by atoms with Crippen molar-refractivity contribution >= 4 is 38.6 Å². The van der Waals surface area contributed by atoms with Crippen LogP contribution in [0, 0.1) is 0 Å². The van der Waals surface area contributed by atoms with Crippen molar-refractivity contribution < 1.29 is 0 Å². The molecule has 1 aliphatic rings. The summed E-state index contributed by atoms with van der Waals surface area (Å²) in [7, 11) is 0. The average Bonchev–Trinajstić information content (AvgIpc) is 3.17. The van der Waals surface area contributed by atoms with Gasteiger partial charge in [0.25, 0.3) is 0 Å². The Kier molecular flexibility index (Phi) is 5.20. The Balaban J connectivity index is 0.00000228. The maximum absolute atomic E-state index is 4.33. The van der Waals surface area contributed by atoms with E-state index in [4.69, 9.17) is 0 Å². The van der Waals surface area contributed by atoms with Gasteiger partial charge in [-0.15, -0.1) is 0 Å². The molecule has 0 bridgehead atoms. The molecule has 2 heteroatoms. The Labute approximate surface area is 194 Å². The zero-order valence-electron chi connectivity index (χ0n) is 17.6. The summed E-state index contributed by atoms with van der Waals surface area (Å²) in [4.78, 5) is 0. The molecule has 0 fully saturated rings. The van der Waals surface area contributed by atoms with Crippen LogP contribution in [0.3, 0.4) is 0 Å². The Hall–Kier alpha value is -4.30. The Morgan fingerprint density at radius 3 is 2.30 bits per heavy atom. The summed E-state index contributed by atoms with van der Waals surface area (Å²) in [5.74, 6) is 0. The lowest BCUT2D eigenvalue weighted by atomic mass is 9.96. The molecule has 0 amide bonds. The molecular weight excluding hydrogens is 400 g/mol. The second-order valence-electron chi connectivity index (χ2n) is 8.07. The van der Waals surface area contributed by atoms with Gasteiger partial charge in [-0.2, -0.15) is 0 Å². The van der Waals surface area contributed by atoms with E-state index in [1.165, 1.54) is 33.1 Å². The summed E-state index contributed by atoms with van der Waals surface area (Å²) < 4.78 is 2.34. The summed E-state index contributed by atoms with van der Waals surface area (Å²) >= 11 is 0. The third-order valence-electron chi connectivity index (χ3n) is 6.12. The fourth-order valence-electron chi connectivity index (χ4n) is 4.61. The van der Waals surface area contributed by atoms with Crippen molar-refractivity contribution in [2.75, 3.05) is 5.32 Å². The first-order valence-corrected chi connectivity index (χ1v) is 10.8. The van der Waals surface area contributed by atoms with E-state index in [-0.39, 0.29) is 7.43 Å². The Bertz CT molecular complexity index is 1550. The minimum absolute atomic E-state index is 0. The van der Waals surface area contributed by atoms with Gasteiger partial charge >= 0.3 is 0 Å². The minimum Gasteiger partial charge on any atom is -0.361 e. The number of nitrogens with one attached hydrogen (secondary N) is 1. The molecule has 1 aromatic heterocycles. The fraction of sp³-hybridized carbons (Fsp3) is 0.0323. The number of benzene rings is 4. The number of anilines is 1. The molecule has 0 spiro atoms. The molecule has 0 aliphatic carbocycles. The first-order chi connectivity index (χ1) is 15.8. The van der Waals surface area contributed by atoms with Gasteiger partial charge in [-0.05, 0) is 65.3 Å². The quantitative estimate of drug-likeness (QED) is 0.299. The monoisotopic (exact) mass is 426 g/mol. The van der Waals surface area contributed by atoms with Crippen LogP contribution >= 0.6 is 0 Å². The lowest BCUT2D eigenvalue weighted by Gasteiger charge is -2.14. The van der Waals surface area contributed by atoms with E-state index in [1.807, 2.05) is 12.3 Å². The maximum atomic E-state index is 4.33. The minimum atomic E-state index is 0. The van der Waals surface area contributed by atoms with Crippen LogP contribution in [-0.2, 0) is 0 Å². The third-order valence-corrected chi connectivity index (χ3v) is 6.12. The topological polar surface area (TPSA) is 17.0 Å². The van der Waals surface area contributed by atoms with Crippen LogP contribution in [0.15, 0.2) is 122 Å². The second-order valence-corrected chi connectivity index (χ2v) is 8.07. The number of hydrogen-bond donors (Lipinski definition) is 1. The van der Waals surface area contributed by atoms with Crippen molar-refractivity contribution in [3.8, 4) is 5.69 Å². The maximum Gasteiger partial charge on any atom is 0.0541 e. The van der Waals surface area contributed by atoms with Crippen molar-refractivity contribution in [2.45, 2.75) is 7.43 Å². The van der Waals surface area contributed by atoms with Gasteiger partial charge in [-0.25, -0.2) is 0 Å². The highest BCUT2D eigenvalue weighted by Gasteiger charge is 2.14. The standard InChI is InChI=1S/C30H22N2.CH4/c1-21-19-23(17-18-31-28-13-7-5-11-25(21)28)22-15-16-30-27(20-22)26-12-6-8-14-29(26)32(30)24-9-3-2-4-10-24;/h2-20,31H,1H2;1H4/b18-17-,23-19+;. The van der Waals surface area contributed by atoms with E-state index in [1.54, 1.807) is 0 Å². The van der Waals surface area contributed by atoms with E-state index in [0.29, 0.717) is 0 Å². The fourth-order valence-corrected chi connectivity index (χ4v) is 4.61. The molecule has 160 valence electrons. The normalized spacial score (nSPS) is 15.5. The largest absolute Gasteiger partial charge is 0.361 e. The summed E-state index contributed by atoms with van der Waals surface area (Å²) in [6.45, 7) is 4.33. The van der Waals surface area contributed by atoms with Crippen LogP contribution in [0.5, 0.6) is 0 Å². The zero-order chi connectivity index (χ0) is 21.5. The molecule has 2 heterocycles. The van der Waals surface area contributed by atoms with Gasteiger partial charge in [0.15, 0.2) is 0 Å². The summed E-state index contributed by atoms with van der Waals surface area (Å²) in [5.41, 5.74) is 9.10. The van der Waals surface area contributed by atoms with Gasteiger partial charge in [0.1, 0.15) is 0 Å². The molecule has 0 radical (unpaired) electrons. The van der Waals surface area contributed by atoms with Crippen LogP contribution in [0.4, 0.5) is 5.69 Å². The van der Waals surface area contributed by atoms with E-state index in [2.05, 4.69) is 120 Å². The van der Waals surface area contributed by atoms with Crippen LogP contribution in [0.25, 0.3) is 38.6 Å². The van der Waals surface area contributed by atoms with Gasteiger partial charge in [0, 0.05) is 33.9 Å².